The summed E-state index contributed by atoms with van der Waals surface area (Å²) < 4.78 is 4.98. The van der Waals surface area contributed by atoms with E-state index in [2.05, 4.69) is 10.5 Å². The number of nitrogens with one attached hydrogen (secondary N) is 1. The quantitative estimate of drug-likeness (QED) is 0.851. The van der Waals surface area contributed by atoms with Gasteiger partial charge in [0.2, 0.25) is 5.76 Å². The van der Waals surface area contributed by atoms with Gasteiger partial charge < -0.3 is 14.9 Å². The van der Waals surface area contributed by atoms with Crippen molar-refractivity contribution in [2.75, 3.05) is 0 Å². The van der Waals surface area contributed by atoms with Gasteiger partial charge in [-0.1, -0.05) is 48.8 Å². The van der Waals surface area contributed by atoms with E-state index in [-0.39, 0.29) is 5.76 Å². The summed E-state index contributed by atoms with van der Waals surface area (Å²) in [4.78, 5) is 23.0. The van der Waals surface area contributed by atoms with Gasteiger partial charge in [0.1, 0.15) is 11.7 Å². The molecule has 0 fully saturated rings. The van der Waals surface area contributed by atoms with Gasteiger partial charge in [-0.25, -0.2) is 4.79 Å². The summed E-state index contributed by atoms with van der Waals surface area (Å²) >= 11 is 0. The zero-order chi connectivity index (χ0) is 15.2. The van der Waals surface area contributed by atoms with E-state index in [0.717, 1.165) is 5.56 Å². The van der Waals surface area contributed by atoms with Gasteiger partial charge in [-0.2, -0.15) is 0 Å². The molecule has 1 unspecified atom stereocenters. The molecule has 21 heavy (non-hydrogen) atoms. The van der Waals surface area contributed by atoms with Crippen molar-refractivity contribution in [1.29, 1.82) is 0 Å². The lowest BCUT2D eigenvalue weighted by Crippen LogP contribution is -2.40. The highest BCUT2D eigenvalue weighted by molar-refractivity contribution is 5.95. The SMILES string of the molecule is CCCC(NC(=O)c1cc(-c2ccccc2)no1)C(=O)O. The van der Waals surface area contributed by atoms with E-state index in [1.807, 2.05) is 37.3 Å². The van der Waals surface area contributed by atoms with Crippen LogP contribution in [0.2, 0.25) is 0 Å². The first-order valence-electron chi connectivity index (χ1n) is 6.67. The Hall–Kier alpha value is -2.63. The molecular formula is C15H16N2O4. The summed E-state index contributed by atoms with van der Waals surface area (Å²) in [5, 5.41) is 15.3. The second-order valence-corrected chi connectivity index (χ2v) is 4.60. The third-order valence-corrected chi connectivity index (χ3v) is 2.98. The second kappa shape index (κ2) is 6.69. The van der Waals surface area contributed by atoms with Crippen LogP contribution < -0.4 is 5.32 Å². The molecule has 0 aliphatic rings. The van der Waals surface area contributed by atoms with Crippen LogP contribution in [0.15, 0.2) is 40.9 Å². The Labute approximate surface area is 121 Å². The third kappa shape index (κ3) is 3.68. The first-order chi connectivity index (χ1) is 10.1. The molecule has 0 saturated carbocycles. The number of carbonyl (C=O) groups is 2. The standard InChI is InChI=1S/C15H16N2O4/c1-2-6-11(15(19)20)16-14(18)13-9-12(17-21-13)10-7-4-3-5-8-10/h3-5,7-9,11H,2,6H2,1H3,(H,16,18)(H,19,20). The summed E-state index contributed by atoms with van der Waals surface area (Å²) in [6, 6.07) is 9.84. The van der Waals surface area contributed by atoms with Gasteiger partial charge in [0.05, 0.1) is 0 Å². The van der Waals surface area contributed by atoms with Gasteiger partial charge in [-0.3, -0.25) is 4.79 Å². The molecule has 6 nitrogen and oxygen atoms in total. The first kappa shape index (κ1) is 14.8. The number of carboxylic acid groups (broad SMARTS) is 1. The smallest absolute Gasteiger partial charge is 0.326 e. The van der Waals surface area contributed by atoms with E-state index < -0.39 is 17.9 Å². The number of nitrogens with zero attached hydrogens (tertiary/aromatic N) is 1. The minimum atomic E-state index is -1.06. The lowest BCUT2D eigenvalue weighted by atomic mass is 10.1. The first-order valence-corrected chi connectivity index (χ1v) is 6.67. The van der Waals surface area contributed by atoms with Crippen LogP contribution in [0.25, 0.3) is 11.3 Å². The molecule has 0 spiro atoms. The van der Waals surface area contributed by atoms with Crippen molar-refractivity contribution >= 4 is 11.9 Å². The highest BCUT2D eigenvalue weighted by Gasteiger charge is 2.22. The zero-order valence-electron chi connectivity index (χ0n) is 11.6. The van der Waals surface area contributed by atoms with E-state index in [1.165, 1.54) is 6.07 Å². The summed E-state index contributed by atoms with van der Waals surface area (Å²) in [5.74, 6) is -1.64. The molecule has 1 aromatic heterocycles. The zero-order valence-corrected chi connectivity index (χ0v) is 11.6. The Kier molecular flexibility index (Phi) is 4.71. The van der Waals surface area contributed by atoms with Crippen molar-refractivity contribution in [3.8, 4) is 11.3 Å². The molecule has 1 heterocycles. The van der Waals surface area contributed by atoms with Crippen LogP contribution in [0.1, 0.15) is 30.3 Å². The molecular weight excluding hydrogens is 272 g/mol. The minimum absolute atomic E-state index is 0.00351. The van der Waals surface area contributed by atoms with E-state index in [1.54, 1.807) is 0 Å². The van der Waals surface area contributed by atoms with Crippen molar-refractivity contribution in [2.45, 2.75) is 25.8 Å². The average molecular weight is 288 g/mol. The van der Waals surface area contributed by atoms with Crippen LogP contribution in [0.5, 0.6) is 0 Å². The number of rotatable bonds is 6. The van der Waals surface area contributed by atoms with Gasteiger partial charge in [-0.15, -0.1) is 0 Å². The lowest BCUT2D eigenvalue weighted by Gasteiger charge is -2.11. The second-order valence-electron chi connectivity index (χ2n) is 4.60. The maximum absolute atomic E-state index is 12.0. The Morgan fingerprint density at radius 3 is 2.67 bits per heavy atom. The normalized spacial score (nSPS) is 11.9. The maximum Gasteiger partial charge on any atom is 0.326 e. The number of hydrogen-bond acceptors (Lipinski definition) is 4. The monoisotopic (exact) mass is 288 g/mol. The largest absolute Gasteiger partial charge is 0.480 e. The molecule has 0 radical (unpaired) electrons. The van der Waals surface area contributed by atoms with Gasteiger partial charge in [0.25, 0.3) is 5.91 Å². The molecule has 0 aliphatic carbocycles. The van der Waals surface area contributed by atoms with Crippen molar-refractivity contribution < 1.29 is 19.2 Å². The Morgan fingerprint density at radius 1 is 1.33 bits per heavy atom. The van der Waals surface area contributed by atoms with Crippen LogP contribution in [0, 0.1) is 0 Å². The third-order valence-electron chi connectivity index (χ3n) is 2.98. The number of benzene rings is 1. The fraction of sp³-hybridized carbons (Fsp3) is 0.267. The number of carbonyl (C=O) groups excluding carboxylic acids is 1. The van der Waals surface area contributed by atoms with Crippen LogP contribution in [0.3, 0.4) is 0 Å². The topological polar surface area (TPSA) is 92.4 Å². The molecule has 2 rings (SSSR count). The molecule has 1 amide bonds. The highest BCUT2D eigenvalue weighted by atomic mass is 16.5. The number of carboxylic acids is 1. The fourth-order valence-electron chi connectivity index (χ4n) is 1.90. The maximum atomic E-state index is 12.0. The molecule has 1 aromatic carbocycles. The summed E-state index contributed by atoms with van der Waals surface area (Å²) in [6.07, 6.45) is 1.02. The predicted octanol–water partition coefficient (Wildman–Crippen LogP) is 2.32. The van der Waals surface area contributed by atoms with Crippen LogP contribution in [0.4, 0.5) is 0 Å². The van der Waals surface area contributed by atoms with Gasteiger partial charge >= 0.3 is 5.97 Å². The molecule has 1 atom stereocenters. The fourth-order valence-corrected chi connectivity index (χ4v) is 1.90. The van der Waals surface area contributed by atoms with Gasteiger partial charge in [0.15, 0.2) is 0 Å². The molecule has 0 saturated heterocycles. The summed E-state index contributed by atoms with van der Waals surface area (Å²) in [7, 11) is 0. The highest BCUT2D eigenvalue weighted by Crippen LogP contribution is 2.18. The van der Waals surface area contributed by atoms with Crippen molar-refractivity contribution in [3.63, 3.8) is 0 Å². The van der Waals surface area contributed by atoms with Crippen molar-refractivity contribution in [3.05, 3.63) is 42.2 Å². The Morgan fingerprint density at radius 2 is 2.05 bits per heavy atom. The molecule has 110 valence electrons. The van der Waals surface area contributed by atoms with Crippen LogP contribution in [-0.4, -0.2) is 28.2 Å². The van der Waals surface area contributed by atoms with Crippen LogP contribution >= 0.6 is 0 Å². The Bertz CT molecular complexity index is 622. The molecule has 2 aromatic rings. The Balaban J connectivity index is 2.10. The molecule has 2 N–H and O–H groups in total. The van der Waals surface area contributed by atoms with E-state index in [4.69, 9.17) is 9.63 Å². The summed E-state index contributed by atoms with van der Waals surface area (Å²) in [5.41, 5.74) is 1.35. The van der Waals surface area contributed by atoms with Gasteiger partial charge in [-0.05, 0) is 6.42 Å². The van der Waals surface area contributed by atoms with E-state index in [0.29, 0.717) is 18.5 Å². The van der Waals surface area contributed by atoms with E-state index in [9.17, 15) is 9.59 Å². The molecule has 6 heteroatoms. The average Bonchev–Trinajstić information content (AvgIpc) is 2.97. The summed E-state index contributed by atoms with van der Waals surface area (Å²) in [6.45, 7) is 1.85. The number of hydrogen-bond donors (Lipinski definition) is 2. The molecule has 0 bridgehead atoms. The number of aromatic nitrogens is 1. The van der Waals surface area contributed by atoms with Crippen molar-refractivity contribution in [2.24, 2.45) is 0 Å². The predicted molar refractivity (Wildman–Crippen MR) is 75.7 cm³/mol. The lowest BCUT2D eigenvalue weighted by molar-refractivity contribution is -0.139. The van der Waals surface area contributed by atoms with Crippen molar-refractivity contribution in [1.82, 2.24) is 10.5 Å². The van der Waals surface area contributed by atoms with E-state index >= 15 is 0 Å². The van der Waals surface area contributed by atoms with Gasteiger partial charge in [0, 0.05) is 11.6 Å². The number of aliphatic carboxylic acids is 1. The molecule has 0 aliphatic heterocycles. The number of amides is 1. The van der Waals surface area contributed by atoms with Crippen LogP contribution in [-0.2, 0) is 4.79 Å². The minimum Gasteiger partial charge on any atom is -0.480 e.